The average Bonchev–Trinajstić information content (AvgIpc) is 3.30. The number of aromatic amines is 1. The summed E-state index contributed by atoms with van der Waals surface area (Å²) in [6.07, 6.45) is 2.47. The molecule has 2 aromatic heterocycles. The highest BCUT2D eigenvalue weighted by Gasteiger charge is 2.31. The minimum Gasteiger partial charge on any atom is -0.493 e. The van der Waals surface area contributed by atoms with Gasteiger partial charge in [-0.05, 0) is 47.4 Å². The number of hydrogen-bond donors (Lipinski definition) is 4. The molecule has 5 rings (SSSR count). The van der Waals surface area contributed by atoms with E-state index in [2.05, 4.69) is 46.6 Å². The molecule has 0 atom stereocenters. The Labute approximate surface area is 220 Å². The molecule has 38 heavy (non-hydrogen) atoms. The lowest BCUT2D eigenvalue weighted by Gasteiger charge is -2.37. The van der Waals surface area contributed by atoms with E-state index in [1.165, 1.54) is 4.90 Å². The van der Waals surface area contributed by atoms with E-state index in [1.54, 1.807) is 24.5 Å². The molecule has 0 radical (unpaired) electrons. The number of pyridine rings is 1. The standard InChI is InChI=1S/C28H30N6O4/c1-28(2,3)22-9-8-20(12-24(22)38-16-17-14-34(15-17)27(36)37)32-26(35)21-5-4-10-29-25(21)31-19-7-6-18-13-30-33-23(18)11-19/h4-13,17H,14-16H2,1-3H3,(H,29,31)(H,30,33)(H,32,35)(H,36,37). The average molecular weight is 515 g/mol. The molecule has 4 aromatic rings. The van der Waals surface area contributed by atoms with Gasteiger partial charge in [-0.15, -0.1) is 0 Å². The van der Waals surface area contributed by atoms with Crippen LogP contribution in [-0.4, -0.2) is 56.9 Å². The number of nitrogens with zero attached hydrogens (tertiary/aromatic N) is 3. The van der Waals surface area contributed by atoms with Gasteiger partial charge in [0.2, 0.25) is 0 Å². The predicted molar refractivity (Wildman–Crippen MR) is 145 cm³/mol. The zero-order valence-corrected chi connectivity index (χ0v) is 21.5. The van der Waals surface area contributed by atoms with E-state index in [0.29, 0.717) is 42.5 Å². The number of hydrogen-bond acceptors (Lipinski definition) is 6. The molecule has 4 N–H and O–H groups in total. The van der Waals surface area contributed by atoms with Crippen LogP contribution >= 0.6 is 0 Å². The van der Waals surface area contributed by atoms with Gasteiger partial charge >= 0.3 is 6.09 Å². The summed E-state index contributed by atoms with van der Waals surface area (Å²) in [5.41, 5.74) is 3.46. The monoisotopic (exact) mass is 514 g/mol. The number of ether oxygens (including phenoxy) is 1. The smallest absolute Gasteiger partial charge is 0.407 e. The van der Waals surface area contributed by atoms with Crippen molar-refractivity contribution >= 4 is 40.1 Å². The highest BCUT2D eigenvalue weighted by Crippen LogP contribution is 2.34. The Kier molecular flexibility index (Phi) is 6.62. The van der Waals surface area contributed by atoms with Crippen molar-refractivity contribution in [3.8, 4) is 5.75 Å². The summed E-state index contributed by atoms with van der Waals surface area (Å²) in [4.78, 5) is 30.1. The van der Waals surface area contributed by atoms with Crippen LogP contribution in [0.5, 0.6) is 5.75 Å². The van der Waals surface area contributed by atoms with E-state index in [9.17, 15) is 9.59 Å². The van der Waals surface area contributed by atoms with Gasteiger partial charge in [0.25, 0.3) is 5.91 Å². The molecule has 1 saturated heterocycles. The molecular formula is C28H30N6O4. The molecule has 0 bridgehead atoms. The third kappa shape index (κ3) is 5.39. The fourth-order valence-corrected chi connectivity index (χ4v) is 4.42. The lowest BCUT2D eigenvalue weighted by Crippen LogP contribution is -2.51. The van der Waals surface area contributed by atoms with Gasteiger partial charge in [0, 0.05) is 48.0 Å². The van der Waals surface area contributed by atoms with Crippen LogP contribution in [-0.2, 0) is 5.41 Å². The van der Waals surface area contributed by atoms with Gasteiger partial charge in [-0.3, -0.25) is 9.89 Å². The van der Waals surface area contributed by atoms with Crippen molar-refractivity contribution in [3.05, 3.63) is 72.1 Å². The lowest BCUT2D eigenvalue weighted by molar-refractivity contribution is 0.0582. The minimum absolute atomic E-state index is 0.141. The number of benzene rings is 2. The van der Waals surface area contributed by atoms with Crippen LogP contribution in [0, 0.1) is 5.92 Å². The van der Waals surface area contributed by atoms with Gasteiger partial charge in [0.05, 0.1) is 23.9 Å². The van der Waals surface area contributed by atoms with Gasteiger partial charge in [-0.1, -0.05) is 26.8 Å². The number of carbonyl (C=O) groups excluding carboxylic acids is 1. The Bertz CT molecular complexity index is 1490. The largest absolute Gasteiger partial charge is 0.493 e. The molecule has 1 aliphatic heterocycles. The number of nitrogens with one attached hydrogen (secondary N) is 3. The third-order valence-electron chi connectivity index (χ3n) is 6.51. The Morgan fingerprint density at radius 1 is 1.13 bits per heavy atom. The van der Waals surface area contributed by atoms with Crippen molar-refractivity contribution in [1.82, 2.24) is 20.1 Å². The fourth-order valence-electron chi connectivity index (χ4n) is 4.42. The molecule has 3 heterocycles. The summed E-state index contributed by atoms with van der Waals surface area (Å²) in [5, 5.41) is 23.2. The molecule has 1 aliphatic rings. The van der Waals surface area contributed by atoms with E-state index in [0.717, 1.165) is 22.2 Å². The Hall–Kier alpha value is -4.60. The van der Waals surface area contributed by atoms with Crippen molar-refractivity contribution in [1.29, 1.82) is 0 Å². The van der Waals surface area contributed by atoms with E-state index in [4.69, 9.17) is 9.84 Å². The Morgan fingerprint density at radius 3 is 2.68 bits per heavy atom. The first kappa shape index (κ1) is 25.1. The molecule has 10 heteroatoms. The molecule has 0 aliphatic carbocycles. The predicted octanol–water partition coefficient (Wildman–Crippen LogP) is 5.24. The maximum Gasteiger partial charge on any atom is 0.407 e. The third-order valence-corrected chi connectivity index (χ3v) is 6.51. The topological polar surface area (TPSA) is 132 Å². The number of rotatable bonds is 7. The summed E-state index contributed by atoms with van der Waals surface area (Å²) >= 11 is 0. The van der Waals surface area contributed by atoms with E-state index in [-0.39, 0.29) is 17.2 Å². The molecule has 1 fully saturated rings. The lowest BCUT2D eigenvalue weighted by atomic mass is 9.86. The van der Waals surface area contributed by atoms with Crippen molar-refractivity contribution in [2.24, 2.45) is 5.92 Å². The Balaban J connectivity index is 1.32. The van der Waals surface area contributed by atoms with Crippen molar-refractivity contribution in [2.75, 3.05) is 30.3 Å². The molecule has 2 amide bonds. The zero-order valence-electron chi connectivity index (χ0n) is 21.5. The number of likely N-dealkylation sites (tertiary alicyclic amines) is 1. The quantitative estimate of drug-likeness (QED) is 0.265. The molecule has 0 spiro atoms. The summed E-state index contributed by atoms with van der Waals surface area (Å²) < 4.78 is 6.15. The zero-order chi connectivity index (χ0) is 26.9. The van der Waals surface area contributed by atoms with Crippen LogP contribution in [0.15, 0.2) is 60.9 Å². The van der Waals surface area contributed by atoms with Gasteiger partial charge in [0.1, 0.15) is 11.6 Å². The maximum atomic E-state index is 13.3. The number of anilines is 3. The molecule has 196 valence electrons. The van der Waals surface area contributed by atoms with E-state index < -0.39 is 6.09 Å². The van der Waals surface area contributed by atoms with Gasteiger partial charge in [-0.25, -0.2) is 9.78 Å². The number of H-pyrrole nitrogens is 1. The van der Waals surface area contributed by atoms with Crippen LogP contribution in [0.4, 0.5) is 22.0 Å². The number of amides is 2. The first-order valence-corrected chi connectivity index (χ1v) is 12.4. The summed E-state index contributed by atoms with van der Waals surface area (Å²) in [7, 11) is 0. The number of carbonyl (C=O) groups is 2. The number of fused-ring (bicyclic) bond motifs is 1. The first-order chi connectivity index (χ1) is 18.2. The highest BCUT2D eigenvalue weighted by molar-refractivity contribution is 6.08. The normalized spacial score (nSPS) is 13.7. The second kappa shape index (κ2) is 10.0. The van der Waals surface area contributed by atoms with Crippen LogP contribution in [0.25, 0.3) is 10.9 Å². The molecule has 10 nitrogen and oxygen atoms in total. The number of carboxylic acid groups (broad SMARTS) is 1. The second-order valence-electron chi connectivity index (χ2n) is 10.5. The Morgan fingerprint density at radius 2 is 1.92 bits per heavy atom. The van der Waals surface area contributed by atoms with Crippen molar-refractivity contribution < 1.29 is 19.4 Å². The van der Waals surface area contributed by atoms with E-state index in [1.807, 2.05) is 36.4 Å². The van der Waals surface area contributed by atoms with Crippen molar-refractivity contribution in [3.63, 3.8) is 0 Å². The number of aromatic nitrogens is 3. The molecule has 0 saturated carbocycles. The van der Waals surface area contributed by atoms with Gasteiger partial charge in [-0.2, -0.15) is 5.10 Å². The van der Waals surface area contributed by atoms with Crippen molar-refractivity contribution in [2.45, 2.75) is 26.2 Å². The highest BCUT2D eigenvalue weighted by atomic mass is 16.5. The fraction of sp³-hybridized carbons (Fsp3) is 0.286. The van der Waals surface area contributed by atoms with Crippen LogP contribution in [0.2, 0.25) is 0 Å². The van der Waals surface area contributed by atoms with Crippen LogP contribution in [0.1, 0.15) is 36.7 Å². The minimum atomic E-state index is -0.910. The molecule has 0 unspecified atom stereocenters. The maximum absolute atomic E-state index is 13.3. The van der Waals surface area contributed by atoms with E-state index >= 15 is 0 Å². The van der Waals surface area contributed by atoms with Gasteiger partial charge < -0.3 is 25.4 Å². The molecular weight excluding hydrogens is 484 g/mol. The first-order valence-electron chi connectivity index (χ1n) is 12.4. The SMILES string of the molecule is CC(C)(C)c1ccc(NC(=O)c2cccnc2Nc2ccc3cn[nH]c3c2)cc1OCC1CN(C(=O)O)C1. The second-order valence-corrected chi connectivity index (χ2v) is 10.5. The molecule has 2 aromatic carbocycles. The summed E-state index contributed by atoms with van der Waals surface area (Å²) in [5.74, 6) is 0.928. The summed E-state index contributed by atoms with van der Waals surface area (Å²) in [6.45, 7) is 7.61. The summed E-state index contributed by atoms with van der Waals surface area (Å²) in [6, 6.07) is 14.8. The van der Waals surface area contributed by atoms with Crippen LogP contribution < -0.4 is 15.4 Å². The van der Waals surface area contributed by atoms with Crippen LogP contribution in [0.3, 0.4) is 0 Å². The van der Waals surface area contributed by atoms with Gasteiger partial charge in [0.15, 0.2) is 0 Å².